The molecule has 130 valence electrons. The molecule has 1 aromatic carbocycles. The molecule has 0 atom stereocenters. The van der Waals surface area contributed by atoms with Gasteiger partial charge in [0.05, 0.1) is 9.79 Å². The number of rotatable bonds is 4. The normalized spacial score (nSPS) is 11.3. The highest BCUT2D eigenvalue weighted by atomic mass is 35.5. The zero-order chi connectivity index (χ0) is 18.0. The van der Waals surface area contributed by atoms with Crippen LogP contribution in [-0.4, -0.2) is 19.5 Å². The Hall–Kier alpha value is -1.94. The number of benzene rings is 1. The first kappa shape index (κ1) is 17.9. The number of thiophene rings is 1. The van der Waals surface area contributed by atoms with Gasteiger partial charge in [0.2, 0.25) is 9.84 Å². The summed E-state index contributed by atoms with van der Waals surface area (Å²) in [5.74, 6) is 0. The number of amides is 1. The molecule has 3 aromatic rings. The van der Waals surface area contributed by atoms with Gasteiger partial charge in [-0.25, -0.2) is 18.2 Å². The molecule has 0 unspecified atom stereocenters. The number of nitrogens with one attached hydrogen (secondary N) is 1. The van der Waals surface area contributed by atoms with Gasteiger partial charge < -0.3 is 4.74 Å². The number of anilines is 1. The van der Waals surface area contributed by atoms with Gasteiger partial charge in [-0.3, -0.25) is 5.32 Å². The monoisotopic (exact) mass is 414 g/mol. The highest BCUT2D eigenvalue weighted by molar-refractivity contribution is 7.91. The summed E-state index contributed by atoms with van der Waals surface area (Å²) in [6.45, 7) is 1.59. The first-order valence-electron chi connectivity index (χ1n) is 6.85. The molecular formula is C15H11ClN2O4S3. The van der Waals surface area contributed by atoms with Crippen LogP contribution in [0.4, 0.5) is 9.93 Å². The van der Waals surface area contributed by atoms with E-state index in [2.05, 4.69) is 10.3 Å². The Labute approximate surface area is 157 Å². The van der Waals surface area contributed by atoms with Crippen LogP contribution in [0.2, 0.25) is 5.02 Å². The van der Waals surface area contributed by atoms with Crippen molar-refractivity contribution in [1.29, 1.82) is 0 Å². The van der Waals surface area contributed by atoms with Crippen molar-refractivity contribution in [3.05, 3.63) is 51.8 Å². The van der Waals surface area contributed by atoms with Crippen molar-refractivity contribution in [3.8, 4) is 5.06 Å². The van der Waals surface area contributed by atoms with Crippen molar-refractivity contribution >= 4 is 55.3 Å². The van der Waals surface area contributed by atoms with Gasteiger partial charge in [-0.05, 0) is 31.2 Å². The molecule has 0 saturated heterocycles. The lowest BCUT2D eigenvalue weighted by molar-refractivity contribution is 0.216. The van der Waals surface area contributed by atoms with Gasteiger partial charge >= 0.3 is 6.09 Å². The maximum absolute atomic E-state index is 12.7. The summed E-state index contributed by atoms with van der Waals surface area (Å²) in [5.41, 5.74) is 0.370. The van der Waals surface area contributed by atoms with E-state index in [1.54, 1.807) is 18.5 Å². The van der Waals surface area contributed by atoms with Crippen LogP contribution in [0.5, 0.6) is 5.06 Å². The zero-order valence-electron chi connectivity index (χ0n) is 12.7. The van der Waals surface area contributed by atoms with Gasteiger partial charge in [0.15, 0.2) is 10.2 Å². The Balaban J connectivity index is 1.83. The van der Waals surface area contributed by atoms with Gasteiger partial charge in [0.25, 0.3) is 0 Å². The number of sulfone groups is 1. The minimum absolute atomic E-state index is 0.0943. The second-order valence-electron chi connectivity index (χ2n) is 4.82. The average Bonchev–Trinajstić information content (AvgIpc) is 3.19. The summed E-state index contributed by atoms with van der Waals surface area (Å²) in [4.78, 5) is 16.0. The second kappa shape index (κ2) is 7.12. The van der Waals surface area contributed by atoms with Crippen molar-refractivity contribution in [2.24, 2.45) is 0 Å². The van der Waals surface area contributed by atoms with Gasteiger partial charge in [0, 0.05) is 27.5 Å². The molecular weight excluding hydrogens is 404 g/mol. The quantitative estimate of drug-likeness (QED) is 0.673. The minimum Gasteiger partial charge on any atom is -0.399 e. The van der Waals surface area contributed by atoms with E-state index in [0.717, 1.165) is 11.3 Å². The van der Waals surface area contributed by atoms with Crippen LogP contribution in [0.25, 0.3) is 0 Å². The molecule has 0 aliphatic rings. The first-order valence-corrected chi connectivity index (χ1v) is 10.5. The number of halogens is 1. The van der Waals surface area contributed by atoms with Crippen LogP contribution in [0, 0.1) is 6.92 Å². The summed E-state index contributed by atoms with van der Waals surface area (Å²) in [7, 11) is -3.72. The fraction of sp³-hybridized carbons (Fsp3) is 0.0667. The standard InChI is InChI=1S/C15H11ClN2O4S3/c1-9-12(25(20,21)11-4-2-10(16)3-5-11)8-24-13(9)22-15(19)18-14-17-6-7-23-14/h2-8H,1H3,(H,17,18,19). The SMILES string of the molecule is Cc1c(S(=O)(=O)c2ccc(Cl)cc2)csc1OC(=O)Nc1nccs1. The van der Waals surface area contributed by atoms with Gasteiger partial charge in [0.1, 0.15) is 0 Å². The van der Waals surface area contributed by atoms with Crippen LogP contribution in [0.1, 0.15) is 5.56 Å². The van der Waals surface area contributed by atoms with Crippen LogP contribution in [0.15, 0.2) is 51.0 Å². The van der Waals surface area contributed by atoms with Crippen LogP contribution in [-0.2, 0) is 9.84 Å². The lowest BCUT2D eigenvalue weighted by Crippen LogP contribution is -2.16. The van der Waals surface area contributed by atoms with E-state index < -0.39 is 15.9 Å². The molecule has 6 nitrogen and oxygen atoms in total. The van der Waals surface area contributed by atoms with E-state index in [-0.39, 0.29) is 14.9 Å². The summed E-state index contributed by atoms with van der Waals surface area (Å²) < 4.78 is 30.6. The molecule has 0 radical (unpaired) electrons. The Morgan fingerprint density at radius 3 is 2.60 bits per heavy atom. The minimum atomic E-state index is -3.72. The maximum atomic E-state index is 12.7. The van der Waals surface area contributed by atoms with Crippen molar-refractivity contribution in [2.45, 2.75) is 16.7 Å². The van der Waals surface area contributed by atoms with E-state index in [1.807, 2.05) is 0 Å². The highest BCUT2D eigenvalue weighted by Crippen LogP contribution is 2.36. The fourth-order valence-corrected chi connectivity index (χ4v) is 5.37. The van der Waals surface area contributed by atoms with Gasteiger partial charge in [-0.15, -0.1) is 22.7 Å². The Bertz CT molecular complexity index is 996. The zero-order valence-corrected chi connectivity index (χ0v) is 15.9. The Morgan fingerprint density at radius 2 is 1.96 bits per heavy atom. The van der Waals surface area contributed by atoms with E-state index in [0.29, 0.717) is 15.7 Å². The van der Waals surface area contributed by atoms with Crippen LogP contribution >= 0.6 is 34.3 Å². The lowest BCUT2D eigenvalue weighted by atomic mass is 10.4. The predicted molar refractivity (Wildman–Crippen MR) is 97.7 cm³/mol. The molecule has 0 bridgehead atoms. The van der Waals surface area contributed by atoms with Crippen molar-refractivity contribution in [1.82, 2.24) is 4.98 Å². The summed E-state index contributed by atoms with van der Waals surface area (Å²) in [6, 6.07) is 5.89. The smallest absolute Gasteiger partial charge is 0.399 e. The number of hydrogen-bond donors (Lipinski definition) is 1. The maximum Gasteiger partial charge on any atom is 0.419 e. The third-order valence-electron chi connectivity index (χ3n) is 3.19. The van der Waals surface area contributed by atoms with Gasteiger partial charge in [-0.2, -0.15) is 0 Å². The molecule has 2 aromatic heterocycles. The van der Waals surface area contributed by atoms with E-state index in [1.165, 1.54) is 41.0 Å². The third-order valence-corrected chi connectivity index (χ3v) is 7.13. The van der Waals surface area contributed by atoms with Crippen molar-refractivity contribution in [3.63, 3.8) is 0 Å². The molecule has 0 saturated carbocycles. The molecule has 2 heterocycles. The molecule has 0 aliphatic carbocycles. The largest absolute Gasteiger partial charge is 0.419 e. The third kappa shape index (κ3) is 3.84. The topological polar surface area (TPSA) is 85.4 Å². The number of thiazole rings is 1. The average molecular weight is 415 g/mol. The van der Waals surface area contributed by atoms with Crippen molar-refractivity contribution in [2.75, 3.05) is 5.32 Å². The van der Waals surface area contributed by atoms with E-state index >= 15 is 0 Å². The Morgan fingerprint density at radius 1 is 1.24 bits per heavy atom. The lowest BCUT2D eigenvalue weighted by Gasteiger charge is -2.06. The highest BCUT2D eigenvalue weighted by Gasteiger charge is 2.24. The van der Waals surface area contributed by atoms with Gasteiger partial charge in [-0.1, -0.05) is 11.6 Å². The number of aromatic nitrogens is 1. The molecule has 1 amide bonds. The second-order valence-corrected chi connectivity index (χ2v) is 8.91. The summed E-state index contributed by atoms with van der Waals surface area (Å²) in [5, 5.41) is 6.69. The molecule has 0 spiro atoms. The predicted octanol–water partition coefficient (Wildman–Crippen LogP) is 4.61. The molecule has 10 heteroatoms. The van der Waals surface area contributed by atoms with Crippen LogP contribution in [0.3, 0.4) is 0 Å². The number of nitrogens with zero attached hydrogens (tertiary/aromatic N) is 1. The summed E-state index contributed by atoms with van der Waals surface area (Å²) >= 11 is 8.08. The Kier molecular flexibility index (Phi) is 5.09. The summed E-state index contributed by atoms with van der Waals surface area (Å²) in [6.07, 6.45) is 0.823. The van der Waals surface area contributed by atoms with E-state index in [4.69, 9.17) is 16.3 Å². The fourth-order valence-electron chi connectivity index (χ4n) is 1.97. The number of carbonyl (C=O) groups is 1. The first-order chi connectivity index (χ1) is 11.9. The molecule has 3 rings (SSSR count). The molecule has 1 N–H and O–H groups in total. The van der Waals surface area contributed by atoms with Crippen LogP contribution < -0.4 is 10.1 Å². The number of carbonyl (C=O) groups excluding carboxylic acids is 1. The molecule has 25 heavy (non-hydrogen) atoms. The van der Waals surface area contributed by atoms with E-state index in [9.17, 15) is 13.2 Å². The van der Waals surface area contributed by atoms with Crippen molar-refractivity contribution < 1.29 is 17.9 Å². The number of hydrogen-bond acceptors (Lipinski definition) is 7. The molecule has 0 fully saturated rings. The molecule has 0 aliphatic heterocycles. The number of ether oxygens (including phenoxy) is 1.